The van der Waals surface area contributed by atoms with E-state index in [0.29, 0.717) is 17.8 Å². The van der Waals surface area contributed by atoms with Gasteiger partial charge in [-0.25, -0.2) is 0 Å². The van der Waals surface area contributed by atoms with Crippen molar-refractivity contribution in [3.8, 4) is 17.1 Å². The molecule has 0 saturated carbocycles. The Bertz CT molecular complexity index is 1560. The Morgan fingerprint density at radius 2 is 1.81 bits per heavy atom. The minimum absolute atomic E-state index is 0.284. The van der Waals surface area contributed by atoms with Gasteiger partial charge in [0.05, 0.1) is 5.69 Å². The Labute approximate surface area is 249 Å². The lowest BCUT2D eigenvalue weighted by atomic mass is 10.0. The summed E-state index contributed by atoms with van der Waals surface area (Å²) in [5.74, 6) is 1.33. The number of aromatic nitrogens is 5. The van der Waals surface area contributed by atoms with Gasteiger partial charge < -0.3 is 11.1 Å². The molecule has 2 heterocycles. The van der Waals surface area contributed by atoms with Crippen molar-refractivity contribution in [2.24, 2.45) is 0 Å². The maximum Gasteiger partial charge on any atom is 0.248 e. The van der Waals surface area contributed by atoms with Crippen molar-refractivity contribution in [3.05, 3.63) is 82.9 Å². The topological polar surface area (TPSA) is 97.8 Å². The molecule has 0 fully saturated rings. The fourth-order valence-corrected chi connectivity index (χ4v) is 6.41. The van der Waals surface area contributed by atoms with Crippen molar-refractivity contribution in [1.29, 1.82) is 0 Å². The Kier molecular flexibility index (Phi) is 8.60. The molecule has 0 aliphatic heterocycles. The van der Waals surface area contributed by atoms with Crippen LogP contribution in [0.25, 0.3) is 17.1 Å². The summed E-state index contributed by atoms with van der Waals surface area (Å²) in [4.78, 5) is 7.19. The Balaban J connectivity index is 1.17. The first-order valence-corrected chi connectivity index (χ1v) is 15.5. The smallest absolute Gasteiger partial charge is 0.248 e. The van der Waals surface area contributed by atoms with Gasteiger partial charge in [-0.3, -0.25) is 4.90 Å². The molecule has 6 rings (SSSR count). The summed E-state index contributed by atoms with van der Waals surface area (Å²) in [5.41, 5.74) is 14.8. The summed E-state index contributed by atoms with van der Waals surface area (Å²) in [7, 11) is 0. The van der Waals surface area contributed by atoms with E-state index in [1.807, 2.05) is 0 Å². The van der Waals surface area contributed by atoms with Gasteiger partial charge in [0, 0.05) is 23.8 Å². The Hall–Kier alpha value is -4.04. The first kappa shape index (κ1) is 28.1. The predicted octanol–water partition coefficient (Wildman–Crippen LogP) is 6.46. The van der Waals surface area contributed by atoms with E-state index in [1.165, 1.54) is 54.5 Å². The van der Waals surface area contributed by atoms with Gasteiger partial charge in [-0.2, -0.15) is 9.67 Å². The molecule has 0 amide bonds. The van der Waals surface area contributed by atoms with Crippen LogP contribution in [0.4, 0.5) is 17.6 Å². The van der Waals surface area contributed by atoms with Crippen molar-refractivity contribution >= 4 is 17.6 Å². The van der Waals surface area contributed by atoms with E-state index in [4.69, 9.17) is 5.73 Å². The Morgan fingerprint density at radius 3 is 2.67 bits per heavy atom. The SMILES string of the molecule is CC=CCN(CCCC)[C@H]1CCc2ccc(Nc3nc(N)n(-c4cc5c(nn4)-c4ccccc4CCC5)n3)cc2CC1. The maximum absolute atomic E-state index is 6.33. The van der Waals surface area contributed by atoms with Crippen LogP contribution in [-0.2, 0) is 25.7 Å². The molecule has 218 valence electrons. The van der Waals surface area contributed by atoms with E-state index in [9.17, 15) is 0 Å². The number of hydrogen-bond donors (Lipinski definition) is 2. The number of allylic oxidation sites excluding steroid dienone is 1. The molecular weight excluding hydrogens is 520 g/mol. The minimum atomic E-state index is 0.284. The monoisotopic (exact) mass is 562 g/mol. The summed E-state index contributed by atoms with van der Waals surface area (Å²) in [6, 6.07) is 17.8. The molecule has 8 heteroatoms. The van der Waals surface area contributed by atoms with Gasteiger partial charge >= 0.3 is 0 Å². The number of anilines is 3. The number of benzene rings is 2. The highest BCUT2D eigenvalue weighted by molar-refractivity contribution is 5.68. The van der Waals surface area contributed by atoms with Crippen LogP contribution in [-0.4, -0.2) is 49.0 Å². The van der Waals surface area contributed by atoms with Crippen LogP contribution >= 0.6 is 0 Å². The molecule has 8 nitrogen and oxygen atoms in total. The largest absolute Gasteiger partial charge is 0.368 e. The molecule has 0 bridgehead atoms. The van der Waals surface area contributed by atoms with Gasteiger partial charge in [-0.15, -0.1) is 15.3 Å². The summed E-state index contributed by atoms with van der Waals surface area (Å²) in [6.07, 6.45) is 14.6. The molecule has 2 aliphatic rings. The molecule has 2 aromatic heterocycles. The highest BCUT2D eigenvalue weighted by Gasteiger charge is 2.22. The lowest BCUT2D eigenvalue weighted by Crippen LogP contribution is -2.36. The lowest BCUT2D eigenvalue weighted by Gasteiger charge is -2.30. The third-order valence-corrected chi connectivity index (χ3v) is 8.72. The molecule has 0 saturated heterocycles. The van der Waals surface area contributed by atoms with Crippen molar-refractivity contribution < 1.29 is 0 Å². The molecule has 1 atom stereocenters. The average molecular weight is 563 g/mol. The molecule has 0 unspecified atom stereocenters. The van der Waals surface area contributed by atoms with Gasteiger partial charge in [0.1, 0.15) is 0 Å². The number of hydrogen-bond acceptors (Lipinski definition) is 7. The van der Waals surface area contributed by atoms with Crippen molar-refractivity contribution in [2.45, 2.75) is 77.7 Å². The second-order valence-corrected chi connectivity index (χ2v) is 11.5. The number of rotatable bonds is 9. The fourth-order valence-electron chi connectivity index (χ4n) is 6.41. The van der Waals surface area contributed by atoms with Crippen molar-refractivity contribution in [1.82, 2.24) is 29.9 Å². The van der Waals surface area contributed by atoms with E-state index in [2.05, 4.69) is 105 Å². The number of nitrogen functional groups attached to an aromatic ring is 1. The highest BCUT2D eigenvalue weighted by atomic mass is 15.4. The summed E-state index contributed by atoms with van der Waals surface area (Å²) in [6.45, 7) is 6.60. The summed E-state index contributed by atoms with van der Waals surface area (Å²) >= 11 is 0. The Morgan fingerprint density at radius 1 is 0.976 bits per heavy atom. The molecule has 0 spiro atoms. The second kappa shape index (κ2) is 12.9. The standard InChI is InChI=1S/C34H42N8/c1-3-5-20-41(21-6-4-2)29-18-15-24-14-17-28(22-26(24)16-19-29)36-34-37-33(35)42(40-34)31-23-27-12-9-11-25-10-7-8-13-30(25)32(27)39-38-31/h3,5,7-8,10,13-14,17,22-23,29H,4,6,9,11-12,15-16,18-21H2,1-2H3,(H3,35,36,37,40)/t29-/m0/s1. The first-order chi connectivity index (χ1) is 20.6. The number of nitrogens with zero attached hydrogens (tertiary/aromatic N) is 6. The van der Waals surface area contributed by atoms with Crippen LogP contribution in [0.3, 0.4) is 0 Å². The third kappa shape index (κ3) is 6.09. The predicted molar refractivity (Wildman–Crippen MR) is 170 cm³/mol. The van der Waals surface area contributed by atoms with Gasteiger partial charge in [0.25, 0.3) is 0 Å². The lowest BCUT2D eigenvalue weighted by molar-refractivity contribution is 0.196. The maximum atomic E-state index is 6.33. The van der Waals surface area contributed by atoms with E-state index < -0.39 is 0 Å². The molecule has 4 aromatic rings. The summed E-state index contributed by atoms with van der Waals surface area (Å²) in [5, 5.41) is 17.2. The zero-order valence-electron chi connectivity index (χ0n) is 24.9. The van der Waals surface area contributed by atoms with Crippen LogP contribution in [0, 0.1) is 0 Å². The summed E-state index contributed by atoms with van der Waals surface area (Å²) < 4.78 is 1.58. The van der Waals surface area contributed by atoms with E-state index >= 15 is 0 Å². The molecule has 2 aromatic carbocycles. The zero-order valence-corrected chi connectivity index (χ0v) is 24.9. The van der Waals surface area contributed by atoms with Crippen LogP contribution in [0.1, 0.15) is 68.2 Å². The fraction of sp³-hybridized carbons (Fsp3) is 0.412. The normalized spacial score (nSPS) is 16.5. The van der Waals surface area contributed by atoms with Crippen LogP contribution in [0.5, 0.6) is 0 Å². The van der Waals surface area contributed by atoms with Crippen LogP contribution in [0.15, 0.2) is 60.7 Å². The van der Waals surface area contributed by atoms with E-state index in [1.54, 1.807) is 4.68 Å². The number of nitrogens with one attached hydrogen (secondary N) is 1. The first-order valence-electron chi connectivity index (χ1n) is 15.5. The minimum Gasteiger partial charge on any atom is -0.368 e. The second-order valence-electron chi connectivity index (χ2n) is 11.5. The van der Waals surface area contributed by atoms with Crippen molar-refractivity contribution in [3.63, 3.8) is 0 Å². The zero-order chi connectivity index (χ0) is 28.9. The third-order valence-electron chi connectivity index (χ3n) is 8.72. The molecule has 42 heavy (non-hydrogen) atoms. The quantitative estimate of drug-likeness (QED) is 0.178. The van der Waals surface area contributed by atoms with Crippen LogP contribution < -0.4 is 11.1 Å². The molecule has 0 radical (unpaired) electrons. The number of unbranched alkanes of at least 4 members (excludes halogenated alkanes) is 1. The number of aryl methyl sites for hydroxylation is 4. The van der Waals surface area contributed by atoms with E-state index in [0.717, 1.165) is 55.6 Å². The van der Waals surface area contributed by atoms with Gasteiger partial charge in [0.2, 0.25) is 11.9 Å². The van der Waals surface area contributed by atoms with Crippen LogP contribution in [0.2, 0.25) is 0 Å². The van der Waals surface area contributed by atoms with Gasteiger partial charge in [-0.05, 0) is 105 Å². The van der Waals surface area contributed by atoms with Crippen molar-refractivity contribution in [2.75, 3.05) is 24.1 Å². The van der Waals surface area contributed by atoms with Gasteiger partial charge in [-0.1, -0.05) is 55.8 Å². The molecular formula is C34H42N8. The average Bonchev–Trinajstić information content (AvgIpc) is 3.15. The molecule has 3 N–H and O–H groups in total. The van der Waals surface area contributed by atoms with Gasteiger partial charge in [0.15, 0.2) is 5.82 Å². The number of fused-ring (bicyclic) bond motifs is 4. The molecule has 2 aliphatic carbocycles. The number of nitrogens with two attached hydrogens (primary N) is 1. The van der Waals surface area contributed by atoms with E-state index in [-0.39, 0.29) is 5.95 Å². The highest BCUT2D eigenvalue weighted by Crippen LogP contribution is 2.32.